The summed E-state index contributed by atoms with van der Waals surface area (Å²) in [6, 6.07) is 24.6. The first kappa shape index (κ1) is 20.9. The summed E-state index contributed by atoms with van der Waals surface area (Å²) in [5.41, 5.74) is 3.73. The van der Waals surface area contributed by atoms with Gasteiger partial charge in [0.1, 0.15) is 17.2 Å². The Morgan fingerprint density at radius 3 is 2.34 bits per heavy atom. The average molecular weight is 430 g/mol. The number of phenols is 1. The van der Waals surface area contributed by atoms with Crippen LogP contribution in [0.5, 0.6) is 5.75 Å². The second kappa shape index (κ2) is 8.85. The third-order valence-corrected chi connectivity index (χ3v) is 6.61. The van der Waals surface area contributed by atoms with Gasteiger partial charge in [-0.25, -0.2) is 4.39 Å². The van der Waals surface area contributed by atoms with Crippen LogP contribution in [0.3, 0.4) is 0 Å². The van der Waals surface area contributed by atoms with Crippen molar-refractivity contribution >= 4 is 5.71 Å². The lowest BCUT2D eigenvalue weighted by atomic mass is 9.87. The molecule has 1 fully saturated rings. The van der Waals surface area contributed by atoms with Crippen LogP contribution in [0.25, 0.3) is 0 Å². The van der Waals surface area contributed by atoms with Crippen molar-refractivity contribution in [2.45, 2.75) is 37.5 Å². The number of nitrogens with zero attached hydrogens (tertiary/aromatic N) is 2. The number of para-hydroxylation sites is 1. The molecular weight excluding hydrogens is 401 g/mol. The predicted molar refractivity (Wildman–Crippen MR) is 125 cm³/mol. The van der Waals surface area contributed by atoms with Gasteiger partial charge in [-0.3, -0.25) is 15.2 Å². The summed E-state index contributed by atoms with van der Waals surface area (Å²) in [7, 11) is 0. The van der Waals surface area contributed by atoms with Gasteiger partial charge in [0.05, 0.1) is 0 Å². The maximum Gasteiger partial charge on any atom is 0.123 e. The molecule has 2 N–H and O–H groups in total. The summed E-state index contributed by atoms with van der Waals surface area (Å²) >= 11 is 0. The summed E-state index contributed by atoms with van der Waals surface area (Å²) < 4.78 is 13.5. The van der Waals surface area contributed by atoms with Crippen molar-refractivity contribution in [1.82, 2.24) is 10.2 Å². The van der Waals surface area contributed by atoms with Crippen LogP contribution in [0, 0.1) is 5.82 Å². The number of phenolic OH excluding ortho intramolecular Hbond substituents is 1. The van der Waals surface area contributed by atoms with Gasteiger partial charge >= 0.3 is 0 Å². The molecule has 32 heavy (non-hydrogen) atoms. The highest BCUT2D eigenvalue weighted by Crippen LogP contribution is 2.37. The van der Waals surface area contributed by atoms with Gasteiger partial charge in [0.25, 0.3) is 0 Å². The van der Waals surface area contributed by atoms with Crippen molar-refractivity contribution in [2.75, 3.05) is 13.1 Å². The Labute approximate surface area is 188 Å². The summed E-state index contributed by atoms with van der Waals surface area (Å²) in [4.78, 5) is 7.67. The highest BCUT2D eigenvalue weighted by molar-refractivity contribution is 6.01. The molecular formula is C27H28FN3O. The van der Waals surface area contributed by atoms with Gasteiger partial charge < -0.3 is 5.11 Å². The molecule has 0 radical (unpaired) electrons. The number of aromatic hydroxyl groups is 1. The first-order valence-corrected chi connectivity index (χ1v) is 11.3. The van der Waals surface area contributed by atoms with E-state index in [2.05, 4.69) is 34.5 Å². The first-order chi connectivity index (χ1) is 15.6. The van der Waals surface area contributed by atoms with Gasteiger partial charge in [0, 0.05) is 43.4 Å². The standard InChI is InChI=1S/C27H28FN3O/c28-22-12-10-21(11-13-22)24-18-25(23-8-4-5-9-26(23)32)30-27(29-24)14-16-31(17-15-27)19-20-6-2-1-3-7-20/h1-13,25,30,32H,14-19H2/t25-/m0/s1. The maximum atomic E-state index is 13.5. The van der Waals surface area contributed by atoms with Crippen molar-refractivity contribution in [3.8, 4) is 5.75 Å². The second-order valence-electron chi connectivity index (χ2n) is 8.82. The molecule has 3 aromatic carbocycles. The van der Waals surface area contributed by atoms with Crippen LogP contribution in [0.1, 0.15) is 42.0 Å². The molecule has 0 aromatic heterocycles. The third kappa shape index (κ3) is 4.45. The number of rotatable bonds is 4. The quantitative estimate of drug-likeness (QED) is 0.610. The van der Waals surface area contributed by atoms with E-state index >= 15 is 0 Å². The molecule has 2 aliphatic heterocycles. The zero-order valence-electron chi connectivity index (χ0n) is 18.0. The Kier molecular flexibility index (Phi) is 5.77. The second-order valence-corrected chi connectivity index (χ2v) is 8.82. The predicted octanol–water partition coefficient (Wildman–Crippen LogP) is 5.05. The Hall–Kier alpha value is -3.02. The molecule has 2 aliphatic rings. The van der Waals surface area contributed by atoms with E-state index in [4.69, 9.17) is 4.99 Å². The number of benzene rings is 3. The number of aliphatic imine (C=N–C) groups is 1. The SMILES string of the molecule is Oc1ccccc1[C@@H]1CC(c2ccc(F)cc2)=NC2(CCN(Cc3ccccc3)CC2)N1. The molecule has 5 heteroatoms. The summed E-state index contributed by atoms with van der Waals surface area (Å²) in [5.74, 6) is 0.0477. The van der Waals surface area contributed by atoms with Crippen LogP contribution in [-0.4, -0.2) is 34.5 Å². The fraction of sp³-hybridized carbons (Fsp3) is 0.296. The number of hydrogen-bond acceptors (Lipinski definition) is 4. The molecule has 5 rings (SSSR count). The van der Waals surface area contributed by atoms with E-state index in [9.17, 15) is 9.50 Å². The fourth-order valence-corrected chi connectivity index (χ4v) is 4.88. The van der Waals surface area contributed by atoms with Gasteiger partial charge in [-0.15, -0.1) is 0 Å². The summed E-state index contributed by atoms with van der Waals surface area (Å²) in [6.07, 6.45) is 2.42. The molecule has 3 aromatic rings. The van der Waals surface area contributed by atoms with Crippen LogP contribution < -0.4 is 5.32 Å². The van der Waals surface area contributed by atoms with E-state index in [-0.39, 0.29) is 17.5 Å². The van der Waals surface area contributed by atoms with Crippen LogP contribution in [0.4, 0.5) is 4.39 Å². The van der Waals surface area contributed by atoms with Crippen LogP contribution in [0.15, 0.2) is 83.9 Å². The highest BCUT2D eigenvalue weighted by atomic mass is 19.1. The molecule has 164 valence electrons. The normalized spacial score (nSPS) is 20.8. The van der Waals surface area contributed by atoms with Crippen molar-refractivity contribution in [3.63, 3.8) is 0 Å². The van der Waals surface area contributed by atoms with E-state index < -0.39 is 0 Å². The molecule has 1 saturated heterocycles. The number of halogens is 1. The zero-order chi connectivity index (χ0) is 22.0. The van der Waals surface area contributed by atoms with E-state index in [1.54, 1.807) is 18.2 Å². The summed E-state index contributed by atoms with van der Waals surface area (Å²) in [6.45, 7) is 2.82. The molecule has 2 heterocycles. The van der Waals surface area contributed by atoms with Gasteiger partial charge in [0.2, 0.25) is 0 Å². The molecule has 0 aliphatic carbocycles. The number of nitrogens with one attached hydrogen (secondary N) is 1. The molecule has 1 spiro atoms. The fourth-order valence-electron chi connectivity index (χ4n) is 4.88. The minimum Gasteiger partial charge on any atom is -0.508 e. The van der Waals surface area contributed by atoms with Crippen LogP contribution >= 0.6 is 0 Å². The monoisotopic (exact) mass is 429 g/mol. The first-order valence-electron chi connectivity index (χ1n) is 11.3. The molecule has 1 atom stereocenters. The minimum absolute atomic E-state index is 0.0468. The van der Waals surface area contributed by atoms with Crippen molar-refractivity contribution in [3.05, 3.63) is 101 Å². The van der Waals surface area contributed by atoms with Crippen molar-refractivity contribution in [1.29, 1.82) is 0 Å². The topological polar surface area (TPSA) is 47.9 Å². The number of hydrogen-bond donors (Lipinski definition) is 2. The van der Waals surface area contributed by atoms with Gasteiger partial charge in [-0.05, 0) is 42.2 Å². The van der Waals surface area contributed by atoms with Crippen LogP contribution in [0.2, 0.25) is 0 Å². The Morgan fingerprint density at radius 1 is 0.938 bits per heavy atom. The Bertz CT molecular complexity index is 1090. The molecule has 0 bridgehead atoms. The lowest BCUT2D eigenvalue weighted by Gasteiger charge is -2.45. The molecule has 0 amide bonds. The lowest BCUT2D eigenvalue weighted by Crippen LogP contribution is -2.55. The van der Waals surface area contributed by atoms with E-state index in [0.29, 0.717) is 12.2 Å². The van der Waals surface area contributed by atoms with Gasteiger partial charge in [-0.1, -0.05) is 60.7 Å². The Balaban J connectivity index is 1.41. The van der Waals surface area contributed by atoms with E-state index in [0.717, 1.165) is 49.3 Å². The zero-order valence-corrected chi connectivity index (χ0v) is 18.0. The van der Waals surface area contributed by atoms with Crippen molar-refractivity contribution < 1.29 is 9.50 Å². The smallest absolute Gasteiger partial charge is 0.123 e. The van der Waals surface area contributed by atoms with E-state index in [1.165, 1.54) is 17.7 Å². The van der Waals surface area contributed by atoms with Crippen LogP contribution in [-0.2, 0) is 6.54 Å². The maximum absolute atomic E-state index is 13.5. The highest BCUT2D eigenvalue weighted by Gasteiger charge is 2.40. The third-order valence-electron chi connectivity index (χ3n) is 6.61. The Morgan fingerprint density at radius 2 is 1.62 bits per heavy atom. The molecule has 0 unspecified atom stereocenters. The van der Waals surface area contributed by atoms with Gasteiger partial charge in [-0.2, -0.15) is 0 Å². The average Bonchev–Trinajstić information content (AvgIpc) is 2.82. The summed E-state index contributed by atoms with van der Waals surface area (Å²) in [5, 5.41) is 14.3. The lowest BCUT2D eigenvalue weighted by molar-refractivity contribution is 0.120. The van der Waals surface area contributed by atoms with Gasteiger partial charge in [0.15, 0.2) is 0 Å². The number of likely N-dealkylation sites (tertiary alicyclic amines) is 1. The van der Waals surface area contributed by atoms with E-state index in [1.807, 2.05) is 24.3 Å². The number of piperidine rings is 1. The molecule has 4 nitrogen and oxygen atoms in total. The van der Waals surface area contributed by atoms with Crippen molar-refractivity contribution in [2.24, 2.45) is 4.99 Å². The minimum atomic E-state index is -0.387. The molecule has 0 saturated carbocycles. The largest absolute Gasteiger partial charge is 0.508 e.